The van der Waals surface area contributed by atoms with Gasteiger partial charge in [-0.2, -0.15) is 8.94 Å². The molecule has 1 rings (SSSR count). The molecule has 0 aliphatic carbocycles. The number of thioether (sulfide) groups is 1. The average molecular weight is 205 g/mol. The minimum atomic E-state index is -0.524. The number of aromatic nitrogens is 2. The fourth-order valence-electron chi connectivity index (χ4n) is 0.574. The molecule has 0 unspecified atom stereocenters. The Morgan fingerprint density at radius 1 is 1.75 bits per heavy atom. The summed E-state index contributed by atoms with van der Waals surface area (Å²) in [6, 6.07) is -0.446. The van der Waals surface area contributed by atoms with E-state index in [1.54, 1.807) is 6.26 Å². The van der Waals surface area contributed by atoms with Crippen molar-refractivity contribution in [1.29, 1.82) is 0 Å². The topological polar surface area (TPSA) is 64.0 Å². The standard InChI is InChI=1S/C5H7N3O2S2/c1-6-3(9)8-4(10)7-5(11-2)12-8/h1-2H3,(H,6,9). The minimum absolute atomic E-state index is 0.446. The molecule has 7 heteroatoms. The highest BCUT2D eigenvalue weighted by Gasteiger charge is 2.10. The van der Waals surface area contributed by atoms with Crippen LogP contribution in [0.5, 0.6) is 0 Å². The molecule has 0 radical (unpaired) electrons. The van der Waals surface area contributed by atoms with E-state index in [-0.39, 0.29) is 0 Å². The van der Waals surface area contributed by atoms with Crippen molar-refractivity contribution in [3.8, 4) is 0 Å². The van der Waals surface area contributed by atoms with Gasteiger partial charge in [0.2, 0.25) is 0 Å². The van der Waals surface area contributed by atoms with Gasteiger partial charge in [0.1, 0.15) is 0 Å². The first-order valence-electron chi connectivity index (χ1n) is 3.05. The molecule has 0 fully saturated rings. The highest BCUT2D eigenvalue weighted by molar-refractivity contribution is 8.00. The first kappa shape index (κ1) is 9.27. The summed E-state index contributed by atoms with van der Waals surface area (Å²) < 4.78 is 1.56. The number of nitrogens with zero attached hydrogens (tertiary/aromatic N) is 2. The van der Waals surface area contributed by atoms with Crippen molar-refractivity contribution >= 4 is 29.3 Å². The van der Waals surface area contributed by atoms with Gasteiger partial charge in [-0.1, -0.05) is 11.8 Å². The maximum absolute atomic E-state index is 11.0. The molecule has 66 valence electrons. The van der Waals surface area contributed by atoms with Crippen molar-refractivity contribution in [3.05, 3.63) is 10.5 Å². The normalized spacial score (nSPS) is 9.83. The van der Waals surface area contributed by atoms with E-state index in [0.717, 1.165) is 15.5 Å². The number of carbonyl (C=O) groups excluding carboxylic acids is 1. The third kappa shape index (κ3) is 1.67. The van der Waals surface area contributed by atoms with E-state index in [2.05, 4.69) is 10.3 Å². The van der Waals surface area contributed by atoms with Crippen LogP contribution >= 0.6 is 23.3 Å². The van der Waals surface area contributed by atoms with Crippen LogP contribution in [0.15, 0.2) is 9.13 Å². The summed E-state index contributed by atoms with van der Waals surface area (Å²) in [7, 11) is 1.47. The SMILES string of the molecule is CNC(=O)n1sc(SC)nc1=O. The van der Waals surface area contributed by atoms with Crippen molar-refractivity contribution in [2.75, 3.05) is 13.3 Å². The molecule has 1 aromatic heterocycles. The summed E-state index contributed by atoms with van der Waals surface area (Å²) in [6.07, 6.45) is 1.80. The Kier molecular flexibility index (Phi) is 2.88. The zero-order chi connectivity index (χ0) is 9.14. The molecule has 1 aromatic rings. The summed E-state index contributed by atoms with van der Waals surface area (Å²) in [6.45, 7) is 0. The van der Waals surface area contributed by atoms with Crippen LogP contribution in [0.3, 0.4) is 0 Å². The highest BCUT2D eigenvalue weighted by atomic mass is 32.2. The molecule has 0 aliphatic rings. The number of rotatable bonds is 1. The van der Waals surface area contributed by atoms with Crippen LogP contribution < -0.4 is 11.0 Å². The first-order chi connectivity index (χ1) is 5.69. The van der Waals surface area contributed by atoms with Crippen LogP contribution in [0.4, 0.5) is 4.79 Å². The average Bonchev–Trinajstić information content (AvgIpc) is 2.45. The van der Waals surface area contributed by atoms with Gasteiger partial charge in [-0.3, -0.25) is 0 Å². The van der Waals surface area contributed by atoms with Gasteiger partial charge in [0, 0.05) is 7.05 Å². The predicted molar refractivity (Wildman–Crippen MR) is 48.0 cm³/mol. The molecule has 0 spiro atoms. The lowest BCUT2D eigenvalue weighted by atomic mass is 11.0. The van der Waals surface area contributed by atoms with Crippen molar-refractivity contribution in [2.24, 2.45) is 0 Å². The van der Waals surface area contributed by atoms with E-state index in [4.69, 9.17) is 0 Å². The predicted octanol–water partition coefficient (Wildman–Crippen LogP) is 0.214. The summed E-state index contributed by atoms with van der Waals surface area (Å²) in [5, 5.41) is 2.34. The van der Waals surface area contributed by atoms with Gasteiger partial charge in [0.05, 0.1) is 0 Å². The molecule has 0 aliphatic heterocycles. The van der Waals surface area contributed by atoms with Gasteiger partial charge >= 0.3 is 11.7 Å². The monoisotopic (exact) mass is 205 g/mol. The first-order valence-corrected chi connectivity index (χ1v) is 5.05. The lowest BCUT2D eigenvalue weighted by molar-refractivity contribution is 0.245. The van der Waals surface area contributed by atoms with E-state index in [9.17, 15) is 9.59 Å². The van der Waals surface area contributed by atoms with E-state index >= 15 is 0 Å². The van der Waals surface area contributed by atoms with Crippen molar-refractivity contribution in [3.63, 3.8) is 0 Å². The molecule has 0 bridgehead atoms. The van der Waals surface area contributed by atoms with Gasteiger partial charge < -0.3 is 5.32 Å². The third-order valence-corrected chi connectivity index (χ3v) is 3.02. The Morgan fingerprint density at radius 2 is 2.42 bits per heavy atom. The zero-order valence-corrected chi connectivity index (χ0v) is 8.16. The maximum Gasteiger partial charge on any atom is 0.367 e. The minimum Gasteiger partial charge on any atom is -0.340 e. The highest BCUT2D eigenvalue weighted by Crippen LogP contribution is 2.14. The molecule has 1 heterocycles. The smallest absolute Gasteiger partial charge is 0.340 e. The summed E-state index contributed by atoms with van der Waals surface area (Å²) in [4.78, 5) is 25.6. The number of amides is 1. The molecule has 1 N–H and O–H groups in total. The molecule has 0 saturated carbocycles. The fourth-order valence-corrected chi connectivity index (χ4v) is 1.83. The summed E-state index contributed by atoms with van der Waals surface area (Å²) in [5.74, 6) is 0. The lowest BCUT2D eigenvalue weighted by Crippen LogP contribution is -2.30. The second-order valence-electron chi connectivity index (χ2n) is 1.81. The fraction of sp³-hybridized carbons (Fsp3) is 0.400. The van der Waals surface area contributed by atoms with Crippen molar-refractivity contribution in [1.82, 2.24) is 14.3 Å². The van der Waals surface area contributed by atoms with Gasteiger partial charge in [-0.25, -0.2) is 9.59 Å². The van der Waals surface area contributed by atoms with Gasteiger partial charge in [0.25, 0.3) is 0 Å². The van der Waals surface area contributed by atoms with Crippen LogP contribution in [-0.2, 0) is 0 Å². The van der Waals surface area contributed by atoms with Crippen LogP contribution in [0.25, 0.3) is 0 Å². The Hall–Kier alpha value is -0.820. The lowest BCUT2D eigenvalue weighted by Gasteiger charge is -1.93. The Morgan fingerprint density at radius 3 is 2.83 bits per heavy atom. The largest absolute Gasteiger partial charge is 0.367 e. The summed E-state index contributed by atoms with van der Waals surface area (Å²) >= 11 is 2.37. The Labute approximate surface area is 77.0 Å². The molecule has 12 heavy (non-hydrogen) atoms. The molecule has 0 aromatic carbocycles. The van der Waals surface area contributed by atoms with E-state index < -0.39 is 11.7 Å². The third-order valence-electron chi connectivity index (χ3n) is 1.10. The number of hydrogen-bond donors (Lipinski definition) is 1. The maximum atomic E-state index is 11.0. The second-order valence-corrected chi connectivity index (χ2v) is 3.79. The summed E-state index contributed by atoms with van der Waals surface area (Å²) in [5.41, 5.74) is -0.524. The zero-order valence-electron chi connectivity index (χ0n) is 6.53. The molecular formula is C5H7N3O2S2. The van der Waals surface area contributed by atoms with E-state index in [0.29, 0.717) is 4.34 Å². The van der Waals surface area contributed by atoms with E-state index in [1.807, 2.05) is 0 Å². The van der Waals surface area contributed by atoms with Gasteiger partial charge in [-0.05, 0) is 17.8 Å². The quantitative estimate of drug-likeness (QED) is 0.666. The Bertz CT molecular complexity index is 343. The van der Waals surface area contributed by atoms with Crippen LogP contribution in [-0.4, -0.2) is 28.3 Å². The molecule has 5 nitrogen and oxygen atoms in total. The van der Waals surface area contributed by atoms with Gasteiger partial charge in [-0.15, -0.1) is 0 Å². The number of carbonyl (C=O) groups is 1. The molecular weight excluding hydrogens is 198 g/mol. The number of nitrogens with one attached hydrogen (secondary N) is 1. The van der Waals surface area contributed by atoms with Crippen LogP contribution in [0, 0.1) is 0 Å². The second kappa shape index (κ2) is 3.72. The van der Waals surface area contributed by atoms with Crippen molar-refractivity contribution < 1.29 is 4.79 Å². The van der Waals surface area contributed by atoms with Crippen LogP contribution in [0.2, 0.25) is 0 Å². The Balaban J connectivity index is 3.08. The van der Waals surface area contributed by atoms with E-state index in [1.165, 1.54) is 18.8 Å². The molecule has 1 amide bonds. The van der Waals surface area contributed by atoms with Gasteiger partial charge in [0.15, 0.2) is 4.34 Å². The van der Waals surface area contributed by atoms with Crippen LogP contribution in [0.1, 0.15) is 0 Å². The van der Waals surface area contributed by atoms with Crippen molar-refractivity contribution in [2.45, 2.75) is 4.34 Å². The number of hydrogen-bond acceptors (Lipinski definition) is 5. The molecule has 0 atom stereocenters. The molecule has 0 saturated heterocycles.